The molecule has 1 aliphatic heterocycles. The van der Waals surface area contributed by atoms with E-state index >= 15 is 0 Å². The van der Waals surface area contributed by atoms with Crippen LogP contribution in [0, 0.1) is 11.3 Å². The van der Waals surface area contributed by atoms with Crippen molar-refractivity contribution < 1.29 is 14.7 Å². The van der Waals surface area contributed by atoms with Crippen LogP contribution in [-0.2, 0) is 0 Å². The van der Waals surface area contributed by atoms with E-state index in [1.54, 1.807) is 29.8 Å². The summed E-state index contributed by atoms with van der Waals surface area (Å²) in [6.07, 6.45) is 13.5. The summed E-state index contributed by atoms with van der Waals surface area (Å²) in [5.41, 5.74) is 4.15. The SMILES string of the molecule is CC12CCC/C(=C\C=C3/C[C@@H](O)C[C@@H](N4C(=O)c5ccccc5C4=O)C3)[C@@H]1CCC2. The first-order valence-corrected chi connectivity index (χ1v) is 11.5. The minimum Gasteiger partial charge on any atom is -0.393 e. The summed E-state index contributed by atoms with van der Waals surface area (Å²) in [6.45, 7) is 2.45. The van der Waals surface area contributed by atoms with E-state index in [4.69, 9.17) is 0 Å². The number of allylic oxidation sites excluding steroid dienone is 3. The number of amides is 2. The summed E-state index contributed by atoms with van der Waals surface area (Å²) < 4.78 is 0. The number of imide groups is 1. The first kappa shape index (κ1) is 19.7. The molecule has 4 aliphatic rings. The number of benzene rings is 1. The van der Waals surface area contributed by atoms with Crippen LogP contribution in [0.4, 0.5) is 0 Å². The lowest BCUT2D eigenvalue weighted by Gasteiger charge is -2.38. The van der Waals surface area contributed by atoms with Crippen LogP contribution in [0.5, 0.6) is 0 Å². The van der Waals surface area contributed by atoms with E-state index in [0.29, 0.717) is 41.7 Å². The lowest BCUT2D eigenvalue weighted by atomic mass is 9.67. The van der Waals surface area contributed by atoms with Gasteiger partial charge in [0.25, 0.3) is 11.8 Å². The minimum absolute atomic E-state index is 0.221. The third kappa shape index (κ3) is 3.26. The highest BCUT2D eigenvalue weighted by Crippen LogP contribution is 2.54. The number of hydrogen-bond acceptors (Lipinski definition) is 3. The third-order valence-corrected chi connectivity index (χ3v) is 8.01. The monoisotopic (exact) mass is 405 g/mol. The molecule has 3 aliphatic carbocycles. The van der Waals surface area contributed by atoms with Gasteiger partial charge in [0, 0.05) is 6.04 Å². The summed E-state index contributed by atoms with van der Waals surface area (Å²) in [5, 5.41) is 10.5. The molecule has 4 nitrogen and oxygen atoms in total. The average molecular weight is 406 g/mol. The zero-order valence-corrected chi connectivity index (χ0v) is 17.8. The lowest BCUT2D eigenvalue weighted by Crippen LogP contribution is -2.44. The number of aliphatic hydroxyl groups is 1. The Bertz CT molecular complexity index is 910. The molecule has 0 bridgehead atoms. The van der Waals surface area contributed by atoms with Crippen LogP contribution in [0.2, 0.25) is 0 Å². The molecule has 3 fully saturated rings. The zero-order valence-electron chi connectivity index (χ0n) is 17.8. The fourth-order valence-electron chi connectivity index (χ4n) is 6.50. The molecule has 1 aromatic carbocycles. The molecule has 1 heterocycles. The minimum atomic E-state index is -0.513. The molecule has 5 rings (SSSR count). The van der Waals surface area contributed by atoms with Gasteiger partial charge in [-0.3, -0.25) is 14.5 Å². The molecule has 2 amide bonds. The number of nitrogens with zero attached hydrogens (tertiary/aromatic N) is 1. The van der Waals surface area contributed by atoms with Gasteiger partial charge in [0.05, 0.1) is 17.2 Å². The summed E-state index contributed by atoms with van der Waals surface area (Å²) >= 11 is 0. The van der Waals surface area contributed by atoms with E-state index in [9.17, 15) is 14.7 Å². The maximum absolute atomic E-state index is 12.9. The molecule has 1 unspecified atom stereocenters. The predicted octanol–water partition coefficient (Wildman–Crippen LogP) is 5.04. The second-order valence-electron chi connectivity index (χ2n) is 10.00. The highest BCUT2D eigenvalue weighted by molar-refractivity contribution is 6.21. The molecule has 158 valence electrons. The van der Waals surface area contributed by atoms with Gasteiger partial charge in [-0.1, -0.05) is 48.8 Å². The maximum atomic E-state index is 12.9. The number of carbonyl (C=O) groups is 2. The Morgan fingerprint density at radius 2 is 1.73 bits per heavy atom. The highest BCUT2D eigenvalue weighted by atomic mass is 16.3. The van der Waals surface area contributed by atoms with Crippen molar-refractivity contribution in [2.45, 2.75) is 76.9 Å². The largest absolute Gasteiger partial charge is 0.393 e. The molecule has 30 heavy (non-hydrogen) atoms. The van der Waals surface area contributed by atoms with Crippen LogP contribution in [-0.4, -0.2) is 34.0 Å². The zero-order chi connectivity index (χ0) is 20.9. The quantitative estimate of drug-likeness (QED) is 0.702. The van der Waals surface area contributed by atoms with Gasteiger partial charge >= 0.3 is 0 Å². The van der Waals surface area contributed by atoms with Gasteiger partial charge in [0.15, 0.2) is 0 Å². The van der Waals surface area contributed by atoms with E-state index in [1.807, 2.05) is 0 Å². The van der Waals surface area contributed by atoms with E-state index in [-0.39, 0.29) is 17.9 Å². The topological polar surface area (TPSA) is 57.6 Å². The smallest absolute Gasteiger partial charge is 0.261 e. The number of hydrogen-bond donors (Lipinski definition) is 1. The van der Waals surface area contributed by atoms with Gasteiger partial charge in [-0.15, -0.1) is 0 Å². The van der Waals surface area contributed by atoms with Crippen LogP contribution < -0.4 is 0 Å². The standard InChI is InChI=1S/C26H31NO3/c1-26-12-4-6-18(23(26)9-5-13-26)11-10-17-14-19(16-20(28)15-17)27-24(29)21-7-2-3-8-22(21)25(27)30/h2-3,7-8,10-11,19-20,23,28H,4-6,9,12-16H2,1H3/b17-10-,18-11+/t19-,20+,23-,26?/m0/s1. The Morgan fingerprint density at radius 3 is 2.47 bits per heavy atom. The van der Waals surface area contributed by atoms with Crippen molar-refractivity contribution in [1.82, 2.24) is 4.90 Å². The molecule has 3 saturated carbocycles. The van der Waals surface area contributed by atoms with E-state index in [2.05, 4.69) is 19.1 Å². The second kappa shape index (κ2) is 7.49. The van der Waals surface area contributed by atoms with Crippen LogP contribution in [0.3, 0.4) is 0 Å². The van der Waals surface area contributed by atoms with Crippen LogP contribution in [0.1, 0.15) is 85.4 Å². The van der Waals surface area contributed by atoms with Crippen molar-refractivity contribution in [1.29, 1.82) is 0 Å². The first-order chi connectivity index (χ1) is 14.5. The molecule has 0 radical (unpaired) electrons. The van der Waals surface area contributed by atoms with Gasteiger partial charge in [-0.25, -0.2) is 0 Å². The second-order valence-corrected chi connectivity index (χ2v) is 10.00. The molecular formula is C26H31NO3. The van der Waals surface area contributed by atoms with Crippen molar-refractivity contribution in [3.63, 3.8) is 0 Å². The normalized spacial score (nSPS) is 36.5. The summed E-state index contributed by atoms with van der Waals surface area (Å²) in [4.78, 5) is 27.1. The first-order valence-electron chi connectivity index (χ1n) is 11.5. The Kier molecular flexibility index (Phi) is 4.93. The van der Waals surface area contributed by atoms with Crippen LogP contribution >= 0.6 is 0 Å². The summed E-state index contributed by atoms with van der Waals surface area (Å²) in [5.74, 6) is 0.256. The highest BCUT2D eigenvalue weighted by Gasteiger charge is 2.43. The maximum Gasteiger partial charge on any atom is 0.261 e. The summed E-state index contributed by atoms with van der Waals surface area (Å²) in [7, 11) is 0. The fraction of sp³-hybridized carbons (Fsp3) is 0.538. The van der Waals surface area contributed by atoms with Gasteiger partial charge in [-0.2, -0.15) is 0 Å². The molecule has 0 saturated heterocycles. The van der Waals surface area contributed by atoms with Gasteiger partial charge in [0.2, 0.25) is 0 Å². The third-order valence-electron chi connectivity index (χ3n) is 8.01. The summed E-state index contributed by atoms with van der Waals surface area (Å²) in [6, 6.07) is 6.76. The number of rotatable bonds is 2. The molecule has 1 N–H and O–H groups in total. The molecule has 4 atom stereocenters. The molecule has 0 aromatic heterocycles. The van der Waals surface area contributed by atoms with Gasteiger partial charge in [0.1, 0.15) is 0 Å². The average Bonchev–Trinajstić information content (AvgIpc) is 3.24. The van der Waals surface area contributed by atoms with Crippen LogP contribution in [0.25, 0.3) is 0 Å². The number of fused-ring (bicyclic) bond motifs is 2. The van der Waals surface area contributed by atoms with Crippen molar-refractivity contribution in [3.8, 4) is 0 Å². The molecule has 1 aromatic rings. The predicted molar refractivity (Wildman–Crippen MR) is 116 cm³/mol. The van der Waals surface area contributed by atoms with Crippen molar-refractivity contribution in [2.24, 2.45) is 11.3 Å². The van der Waals surface area contributed by atoms with E-state index < -0.39 is 6.10 Å². The van der Waals surface area contributed by atoms with Gasteiger partial charge < -0.3 is 5.11 Å². The number of carbonyl (C=O) groups excluding carboxylic acids is 2. The molecule has 0 spiro atoms. The van der Waals surface area contributed by atoms with Crippen molar-refractivity contribution in [3.05, 3.63) is 58.7 Å². The van der Waals surface area contributed by atoms with E-state index in [1.165, 1.54) is 43.4 Å². The van der Waals surface area contributed by atoms with Crippen molar-refractivity contribution in [2.75, 3.05) is 0 Å². The lowest BCUT2D eigenvalue weighted by molar-refractivity contribution is 0.0473. The molecular weight excluding hydrogens is 374 g/mol. The Balaban J connectivity index is 1.37. The van der Waals surface area contributed by atoms with Crippen molar-refractivity contribution >= 4 is 11.8 Å². The number of aliphatic hydroxyl groups excluding tert-OH is 1. The fourth-order valence-corrected chi connectivity index (χ4v) is 6.50. The van der Waals surface area contributed by atoms with E-state index in [0.717, 1.165) is 5.57 Å². The Hall–Kier alpha value is -2.20. The Labute approximate surface area is 178 Å². The Morgan fingerprint density at radius 1 is 1.03 bits per heavy atom. The van der Waals surface area contributed by atoms with Crippen LogP contribution in [0.15, 0.2) is 47.6 Å². The molecule has 4 heteroatoms. The van der Waals surface area contributed by atoms with Gasteiger partial charge in [-0.05, 0) is 74.8 Å².